The maximum absolute atomic E-state index is 13.2. The van der Waals surface area contributed by atoms with Gasteiger partial charge < -0.3 is 15.5 Å². The highest BCUT2D eigenvalue weighted by Gasteiger charge is 2.24. The Morgan fingerprint density at radius 1 is 0.857 bits per heavy atom. The van der Waals surface area contributed by atoms with Crippen molar-refractivity contribution in [2.24, 2.45) is 0 Å². The quantitative estimate of drug-likeness (QED) is 0.186. The highest BCUT2D eigenvalue weighted by Crippen LogP contribution is 2.23. The van der Waals surface area contributed by atoms with Crippen molar-refractivity contribution in [2.75, 3.05) is 20.1 Å². The smallest absolute Gasteiger partial charge is 0.303 e. The molecule has 1 unspecified atom stereocenters. The van der Waals surface area contributed by atoms with Gasteiger partial charge in [0.25, 0.3) is 0 Å². The Morgan fingerprint density at radius 3 is 2.26 bits per heavy atom. The van der Waals surface area contributed by atoms with Crippen molar-refractivity contribution < 1.29 is 23.4 Å². The number of hydrogen-bond donors (Lipinski definition) is 3. The van der Waals surface area contributed by atoms with Crippen molar-refractivity contribution in [1.29, 1.82) is 0 Å². The number of carboxylic acids is 1. The van der Waals surface area contributed by atoms with Gasteiger partial charge in [-0.15, -0.1) is 0 Å². The number of sulfonamides is 1. The van der Waals surface area contributed by atoms with Gasteiger partial charge in [-0.05, 0) is 65.3 Å². The number of aliphatic hydroxyl groups excluding tert-OH is 1. The third kappa shape index (κ3) is 8.97. The first-order valence-corrected chi connectivity index (χ1v) is 15.8. The molecule has 4 rings (SSSR count). The number of carboxylic acid groups (broad SMARTS) is 1. The van der Waals surface area contributed by atoms with E-state index in [0.717, 1.165) is 23.1 Å². The Morgan fingerprint density at radius 2 is 1.55 bits per heavy atom. The fourth-order valence-corrected chi connectivity index (χ4v) is 6.29. The van der Waals surface area contributed by atoms with Crippen LogP contribution in [0.1, 0.15) is 37.0 Å². The number of aliphatic hydroxyl groups is 1. The number of aliphatic carboxylic acids is 1. The second-order valence-electron chi connectivity index (χ2n) is 11.6. The number of aryl methyl sites for hydroxylation is 1. The predicted molar refractivity (Wildman–Crippen MR) is 169 cm³/mol. The van der Waals surface area contributed by atoms with E-state index in [4.69, 9.17) is 5.11 Å². The number of β-amino-alcohol motifs (C(OH)–C–C–N with tert-alkyl or cyclic N) is 1. The third-order valence-corrected chi connectivity index (χ3v) is 9.21. The lowest BCUT2D eigenvalue weighted by Gasteiger charge is -2.29. The van der Waals surface area contributed by atoms with Crippen LogP contribution in [-0.4, -0.2) is 60.7 Å². The van der Waals surface area contributed by atoms with Gasteiger partial charge in [0, 0.05) is 32.1 Å². The van der Waals surface area contributed by atoms with Gasteiger partial charge in [-0.25, -0.2) is 12.7 Å². The normalized spacial score (nSPS) is 13.0. The van der Waals surface area contributed by atoms with E-state index in [1.807, 2.05) is 54.6 Å². The van der Waals surface area contributed by atoms with Crippen LogP contribution in [0.15, 0.2) is 91.0 Å². The zero-order valence-electron chi connectivity index (χ0n) is 24.5. The summed E-state index contributed by atoms with van der Waals surface area (Å²) >= 11 is 0. The molecular weight excluding hydrogens is 548 g/mol. The Bertz CT molecular complexity index is 1620. The van der Waals surface area contributed by atoms with Crippen LogP contribution >= 0.6 is 0 Å². The minimum absolute atomic E-state index is 0.0150. The van der Waals surface area contributed by atoms with Crippen LogP contribution in [0.3, 0.4) is 0 Å². The molecule has 0 amide bonds. The van der Waals surface area contributed by atoms with Crippen molar-refractivity contribution in [3.63, 3.8) is 0 Å². The van der Waals surface area contributed by atoms with E-state index in [9.17, 15) is 18.3 Å². The van der Waals surface area contributed by atoms with Crippen LogP contribution in [0.2, 0.25) is 0 Å². The number of nitrogens with one attached hydrogen (secondary N) is 1. The summed E-state index contributed by atoms with van der Waals surface area (Å²) < 4.78 is 27.5. The van der Waals surface area contributed by atoms with Gasteiger partial charge in [0.2, 0.25) is 10.0 Å². The van der Waals surface area contributed by atoms with Crippen molar-refractivity contribution >= 4 is 26.8 Å². The maximum atomic E-state index is 13.2. The summed E-state index contributed by atoms with van der Waals surface area (Å²) in [6.07, 6.45) is 0.434. The van der Waals surface area contributed by atoms with Gasteiger partial charge in [0.1, 0.15) is 0 Å². The van der Waals surface area contributed by atoms with Crippen molar-refractivity contribution in [1.82, 2.24) is 9.62 Å². The molecule has 8 heteroatoms. The average Bonchev–Trinajstić information content (AvgIpc) is 2.95. The molecule has 0 aliphatic rings. The van der Waals surface area contributed by atoms with Gasteiger partial charge >= 0.3 is 5.97 Å². The third-order valence-electron chi connectivity index (χ3n) is 7.41. The van der Waals surface area contributed by atoms with E-state index in [2.05, 4.69) is 49.5 Å². The summed E-state index contributed by atoms with van der Waals surface area (Å²) in [6.45, 7) is 4.40. The molecule has 42 heavy (non-hydrogen) atoms. The van der Waals surface area contributed by atoms with Crippen LogP contribution in [-0.2, 0) is 33.4 Å². The summed E-state index contributed by atoms with van der Waals surface area (Å²) in [5, 5.41) is 25.4. The molecule has 222 valence electrons. The predicted octanol–water partition coefficient (Wildman–Crippen LogP) is 5.26. The van der Waals surface area contributed by atoms with Crippen LogP contribution in [0.5, 0.6) is 0 Å². The van der Waals surface area contributed by atoms with Gasteiger partial charge in [-0.1, -0.05) is 91.0 Å². The molecule has 0 bridgehead atoms. The molecular formula is C34H40N2O5S. The summed E-state index contributed by atoms with van der Waals surface area (Å²) in [7, 11) is -2.16. The Balaban J connectivity index is 1.30. The molecule has 0 aliphatic carbocycles. The lowest BCUT2D eigenvalue weighted by atomic mass is 9.93. The number of hydrogen-bond acceptors (Lipinski definition) is 5. The number of carbonyl (C=O) groups is 1. The summed E-state index contributed by atoms with van der Waals surface area (Å²) in [6, 6.07) is 29.7. The van der Waals surface area contributed by atoms with E-state index >= 15 is 0 Å². The SMILES string of the molecule is CN(CC(O)CNC(C)(C)Cc1ccc2ccccc2c1)S(=O)(=O)Cc1cccc(-c2ccc(CCC(=O)O)cc2)c1. The molecule has 3 N–H and O–H groups in total. The molecule has 0 heterocycles. The van der Waals surface area contributed by atoms with Crippen LogP contribution in [0.4, 0.5) is 0 Å². The number of fused-ring (bicyclic) bond motifs is 1. The Hall–Kier alpha value is -3.56. The maximum Gasteiger partial charge on any atom is 0.303 e. The molecule has 0 radical (unpaired) electrons. The van der Waals surface area contributed by atoms with Crippen molar-refractivity contribution in [3.05, 3.63) is 108 Å². The molecule has 7 nitrogen and oxygen atoms in total. The van der Waals surface area contributed by atoms with Crippen molar-refractivity contribution in [2.45, 2.75) is 50.5 Å². The molecule has 0 fully saturated rings. The van der Waals surface area contributed by atoms with Gasteiger partial charge in [-0.2, -0.15) is 0 Å². The first-order valence-electron chi connectivity index (χ1n) is 14.1. The second kappa shape index (κ2) is 13.6. The van der Waals surface area contributed by atoms with E-state index in [0.29, 0.717) is 12.0 Å². The van der Waals surface area contributed by atoms with E-state index in [1.54, 1.807) is 6.07 Å². The van der Waals surface area contributed by atoms with E-state index < -0.39 is 22.1 Å². The number of benzene rings is 4. The highest BCUT2D eigenvalue weighted by molar-refractivity contribution is 7.88. The van der Waals surface area contributed by atoms with Gasteiger partial charge in [-0.3, -0.25) is 4.79 Å². The zero-order chi connectivity index (χ0) is 30.3. The highest BCUT2D eigenvalue weighted by atomic mass is 32.2. The first-order chi connectivity index (χ1) is 19.9. The van der Waals surface area contributed by atoms with Crippen LogP contribution in [0.25, 0.3) is 21.9 Å². The zero-order valence-corrected chi connectivity index (χ0v) is 25.3. The Kier molecular flexibility index (Phi) is 10.2. The van der Waals surface area contributed by atoms with Gasteiger partial charge in [0.05, 0.1) is 11.9 Å². The summed E-state index contributed by atoms with van der Waals surface area (Å²) in [5.41, 5.74) is 4.29. The minimum Gasteiger partial charge on any atom is -0.481 e. The number of nitrogens with zero attached hydrogens (tertiary/aromatic N) is 1. The minimum atomic E-state index is -3.66. The largest absolute Gasteiger partial charge is 0.481 e. The molecule has 0 aliphatic heterocycles. The molecule has 1 atom stereocenters. The van der Waals surface area contributed by atoms with Gasteiger partial charge in [0.15, 0.2) is 0 Å². The van der Waals surface area contributed by atoms with Crippen LogP contribution in [0, 0.1) is 0 Å². The second-order valence-corrected chi connectivity index (χ2v) is 13.7. The Labute approximate surface area is 248 Å². The van der Waals surface area contributed by atoms with E-state index in [1.165, 1.54) is 27.7 Å². The fourth-order valence-electron chi connectivity index (χ4n) is 5.07. The molecule has 0 spiro atoms. The average molecular weight is 589 g/mol. The topological polar surface area (TPSA) is 107 Å². The monoisotopic (exact) mass is 588 g/mol. The fraction of sp³-hybridized carbons (Fsp3) is 0.324. The molecule has 4 aromatic rings. The first kappa shape index (κ1) is 31.4. The molecule has 0 aromatic heterocycles. The molecule has 4 aromatic carbocycles. The molecule has 0 saturated heterocycles. The lowest BCUT2D eigenvalue weighted by Crippen LogP contribution is -2.47. The van der Waals surface area contributed by atoms with Crippen molar-refractivity contribution in [3.8, 4) is 11.1 Å². The summed E-state index contributed by atoms with van der Waals surface area (Å²) in [4.78, 5) is 10.8. The summed E-state index contributed by atoms with van der Waals surface area (Å²) in [5.74, 6) is -1.01. The number of rotatable bonds is 14. The standard InChI is InChI=1S/C34H40N2O5S/c1-34(2,21-26-13-17-28-8-4-5-9-30(28)19-26)35-22-32(37)23-36(3)42(40,41)24-27-7-6-10-31(20-27)29-15-11-25(12-16-29)14-18-33(38)39/h4-13,15-17,19-20,32,35,37H,14,18,21-24H2,1-3H3,(H,38,39). The van der Waals surface area contributed by atoms with E-state index in [-0.39, 0.29) is 30.8 Å². The lowest BCUT2D eigenvalue weighted by molar-refractivity contribution is -0.136. The van der Waals surface area contributed by atoms with Crippen LogP contribution < -0.4 is 5.32 Å². The molecule has 0 saturated carbocycles. The number of likely N-dealkylation sites (N-methyl/N-ethyl adjacent to an activating group) is 1.